The fourth-order valence-corrected chi connectivity index (χ4v) is 4.29. The molecule has 1 amide bonds. The molecular formula is C24H23NO4. The number of carbonyl (C=O) groups excluding carboxylic acids is 1. The monoisotopic (exact) mass is 389 g/mol. The van der Waals surface area contributed by atoms with E-state index in [1.165, 1.54) is 5.56 Å². The van der Waals surface area contributed by atoms with Crippen molar-refractivity contribution in [3.63, 3.8) is 0 Å². The maximum Gasteiger partial charge on any atom is 0.258 e. The van der Waals surface area contributed by atoms with Crippen LogP contribution in [0.15, 0.2) is 54.6 Å². The Bertz CT molecular complexity index is 1080. The maximum absolute atomic E-state index is 13.5. The quantitative estimate of drug-likeness (QED) is 0.654. The highest BCUT2D eigenvalue weighted by Crippen LogP contribution is 2.38. The number of benzene rings is 3. The third-order valence-corrected chi connectivity index (χ3v) is 5.75. The first-order valence-electron chi connectivity index (χ1n) is 10.1. The van der Waals surface area contributed by atoms with Crippen molar-refractivity contribution in [2.75, 3.05) is 26.5 Å². The lowest BCUT2D eigenvalue weighted by Gasteiger charge is -2.20. The Morgan fingerprint density at radius 3 is 2.86 bits per heavy atom. The van der Waals surface area contributed by atoms with Gasteiger partial charge < -0.3 is 19.1 Å². The van der Waals surface area contributed by atoms with Gasteiger partial charge in [-0.2, -0.15) is 0 Å². The molecule has 0 N–H and O–H groups in total. The Morgan fingerprint density at radius 1 is 1.10 bits per heavy atom. The molecule has 3 aromatic rings. The van der Waals surface area contributed by atoms with Crippen LogP contribution in [0.1, 0.15) is 35.2 Å². The molecule has 0 saturated carbocycles. The minimum absolute atomic E-state index is 0.0356. The lowest BCUT2D eigenvalue weighted by Crippen LogP contribution is -2.29. The summed E-state index contributed by atoms with van der Waals surface area (Å²) in [6.07, 6.45) is 0.931. The van der Waals surface area contributed by atoms with Crippen LogP contribution in [0, 0.1) is 0 Å². The van der Waals surface area contributed by atoms with Crippen molar-refractivity contribution < 1.29 is 19.0 Å². The second-order valence-corrected chi connectivity index (χ2v) is 7.44. The van der Waals surface area contributed by atoms with Gasteiger partial charge in [0.25, 0.3) is 5.91 Å². The highest BCUT2D eigenvalue weighted by molar-refractivity contribution is 6.09. The predicted molar refractivity (Wildman–Crippen MR) is 111 cm³/mol. The molecule has 29 heavy (non-hydrogen) atoms. The van der Waals surface area contributed by atoms with E-state index in [4.69, 9.17) is 14.2 Å². The standard InChI is InChI=1S/C24H23NO4/c1-2-27-21-10-7-16-5-3-4-6-19(16)23(21)24(26)25-12-11-18(14-25)17-8-9-20-22(13-17)29-15-28-20/h3-10,13,18H,2,11-12,14-15H2,1H3. The number of nitrogens with zero attached hydrogens (tertiary/aromatic N) is 1. The summed E-state index contributed by atoms with van der Waals surface area (Å²) in [5.41, 5.74) is 1.85. The zero-order valence-electron chi connectivity index (χ0n) is 16.4. The maximum atomic E-state index is 13.5. The molecule has 148 valence electrons. The molecule has 5 nitrogen and oxygen atoms in total. The molecule has 1 saturated heterocycles. The highest BCUT2D eigenvalue weighted by atomic mass is 16.7. The van der Waals surface area contributed by atoms with Crippen LogP contribution >= 0.6 is 0 Å². The molecule has 1 unspecified atom stereocenters. The Balaban J connectivity index is 1.44. The van der Waals surface area contributed by atoms with Gasteiger partial charge in [0.2, 0.25) is 6.79 Å². The Morgan fingerprint density at radius 2 is 1.97 bits per heavy atom. The van der Waals surface area contributed by atoms with E-state index in [0.717, 1.165) is 35.2 Å². The Labute approximate surface area is 169 Å². The van der Waals surface area contributed by atoms with Crippen LogP contribution in [0.25, 0.3) is 10.8 Å². The summed E-state index contributed by atoms with van der Waals surface area (Å²) in [6.45, 7) is 4.16. The third-order valence-electron chi connectivity index (χ3n) is 5.75. The van der Waals surface area contributed by atoms with Crippen LogP contribution in [0.5, 0.6) is 17.2 Å². The molecule has 3 aromatic carbocycles. The minimum Gasteiger partial charge on any atom is -0.493 e. The van der Waals surface area contributed by atoms with Gasteiger partial charge in [0.15, 0.2) is 11.5 Å². The SMILES string of the molecule is CCOc1ccc2ccccc2c1C(=O)N1CCC(c2ccc3c(c2)OCO3)C1. The molecule has 1 atom stereocenters. The summed E-state index contributed by atoms with van der Waals surface area (Å²) in [5.74, 6) is 2.56. The van der Waals surface area contributed by atoms with E-state index in [9.17, 15) is 4.79 Å². The van der Waals surface area contributed by atoms with Gasteiger partial charge in [0, 0.05) is 19.0 Å². The Kier molecular flexibility index (Phi) is 4.51. The second kappa shape index (κ2) is 7.32. The van der Waals surface area contributed by atoms with Crippen molar-refractivity contribution in [1.82, 2.24) is 4.90 Å². The fraction of sp³-hybridized carbons (Fsp3) is 0.292. The van der Waals surface area contributed by atoms with E-state index in [1.54, 1.807) is 0 Å². The first kappa shape index (κ1) is 17.9. The summed E-state index contributed by atoms with van der Waals surface area (Å²) in [5, 5.41) is 1.99. The average molecular weight is 389 g/mol. The number of ether oxygens (including phenoxy) is 3. The van der Waals surface area contributed by atoms with E-state index < -0.39 is 0 Å². The summed E-state index contributed by atoms with van der Waals surface area (Å²) < 4.78 is 16.7. The first-order chi connectivity index (χ1) is 14.2. The van der Waals surface area contributed by atoms with Gasteiger partial charge >= 0.3 is 0 Å². The molecule has 5 rings (SSSR count). The van der Waals surface area contributed by atoms with Gasteiger partial charge in [-0.3, -0.25) is 4.79 Å². The van der Waals surface area contributed by atoms with E-state index >= 15 is 0 Å². The number of amides is 1. The summed E-state index contributed by atoms with van der Waals surface area (Å²) in [6, 6.07) is 18.0. The predicted octanol–water partition coefficient (Wildman–Crippen LogP) is 4.60. The van der Waals surface area contributed by atoms with E-state index in [2.05, 4.69) is 6.07 Å². The van der Waals surface area contributed by atoms with Crippen LogP contribution in [0.2, 0.25) is 0 Å². The highest BCUT2D eigenvalue weighted by Gasteiger charge is 2.31. The van der Waals surface area contributed by atoms with Crippen LogP contribution in [0.4, 0.5) is 0 Å². The van der Waals surface area contributed by atoms with Crippen LogP contribution < -0.4 is 14.2 Å². The number of fused-ring (bicyclic) bond motifs is 2. The normalized spacial score (nSPS) is 17.7. The van der Waals surface area contributed by atoms with Gasteiger partial charge in [0.05, 0.1) is 12.2 Å². The topological polar surface area (TPSA) is 48.0 Å². The van der Waals surface area contributed by atoms with Crippen LogP contribution in [0.3, 0.4) is 0 Å². The van der Waals surface area contributed by atoms with Gasteiger partial charge in [-0.25, -0.2) is 0 Å². The van der Waals surface area contributed by atoms with Crippen molar-refractivity contribution in [3.8, 4) is 17.2 Å². The first-order valence-corrected chi connectivity index (χ1v) is 10.1. The van der Waals surface area contributed by atoms with E-state index in [0.29, 0.717) is 30.4 Å². The number of likely N-dealkylation sites (tertiary alicyclic amines) is 1. The number of rotatable bonds is 4. The molecule has 5 heteroatoms. The molecular weight excluding hydrogens is 366 g/mol. The van der Waals surface area contributed by atoms with E-state index in [1.807, 2.05) is 60.4 Å². The number of carbonyl (C=O) groups is 1. The molecule has 2 aliphatic rings. The molecule has 0 radical (unpaired) electrons. The lowest BCUT2D eigenvalue weighted by atomic mass is 9.98. The van der Waals surface area contributed by atoms with Crippen molar-refractivity contribution in [1.29, 1.82) is 0 Å². The molecule has 2 aliphatic heterocycles. The van der Waals surface area contributed by atoms with E-state index in [-0.39, 0.29) is 12.7 Å². The molecule has 0 bridgehead atoms. The van der Waals surface area contributed by atoms with Crippen molar-refractivity contribution in [2.24, 2.45) is 0 Å². The van der Waals surface area contributed by atoms with Crippen molar-refractivity contribution in [3.05, 3.63) is 65.7 Å². The van der Waals surface area contributed by atoms with Gasteiger partial charge in [-0.05, 0) is 47.9 Å². The number of hydrogen-bond acceptors (Lipinski definition) is 4. The van der Waals surface area contributed by atoms with Crippen LogP contribution in [-0.2, 0) is 0 Å². The smallest absolute Gasteiger partial charge is 0.258 e. The summed E-state index contributed by atoms with van der Waals surface area (Å²) >= 11 is 0. The molecule has 1 fully saturated rings. The minimum atomic E-state index is 0.0356. The van der Waals surface area contributed by atoms with Crippen molar-refractivity contribution in [2.45, 2.75) is 19.3 Å². The number of hydrogen-bond donors (Lipinski definition) is 0. The second-order valence-electron chi connectivity index (χ2n) is 7.44. The molecule has 0 spiro atoms. The van der Waals surface area contributed by atoms with Crippen molar-refractivity contribution >= 4 is 16.7 Å². The molecule has 2 heterocycles. The molecule has 0 aliphatic carbocycles. The zero-order valence-corrected chi connectivity index (χ0v) is 16.4. The van der Waals surface area contributed by atoms with Crippen LogP contribution in [-0.4, -0.2) is 37.3 Å². The largest absolute Gasteiger partial charge is 0.493 e. The van der Waals surface area contributed by atoms with Gasteiger partial charge in [0.1, 0.15) is 5.75 Å². The fourth-order valence-electron chi connectivity index (χ4n) is 4.29. The Hall–Kier alpha value is -3.21. The zero-order chi connectivity index (χ0) is 19.8. The summed E-state index contributed by atoms with van der Waals surface area (Å²) in [7, 11) is 0. The summed E-state index contributed by atoms with van der Waals surface area (Å²) in [4.78, 5) is 15.5. The molecule has 0 aromatic heterocycles. The third kappa shape index (κ3) is 3.16. The van der Waals surface area contributed by atoms with Gasteiger partial charge in [-0.15, -0.1) is 0 Å². The average Bonchev–Trinajstić information content (AvgIpc) is 3.42. The van der Waals surface area contributed by atoms with Gasteiger partial charge in [-0.1, -0.05) is 36.4 Å². The lowest BCUT2D eigenvalue weighted by molar-refractivity contribution is 0.0788.